The van der Waals surface area contributed by atoms with Crippen LogP contribution in [0.15, 0.2) is 91.1 Å². The second kappa shape index (κ2) is 7.76. The van der Waals surface area contributed by atoms with Crippen LogP contribution in [0.25, 0.3) is 16.5 Å². The molecule has 29 heavy (non-hydrogen) atoms. The standard InChI is InChI=1S/C25H20FNO2/c1-17(15-24(28)29)20-9-12-23-21(16-20)13-14-27(23)25(18-5-3-2-4-6-18)19-7-10-22(26)11-8-19/h2-16,25H,1H3,(H,28,29). The van der Waals surface area contributed by atoms with Gasteiger partial charge in [-0.25, -0.2) is 9.18 Å². The number of aliphatic carboxylic acids is 1. The maximum atomic E-state index is 13.5. The molecule has 0 radical (unpaired) electrons. The van der Waals surface area contributed by atoms with Crippen molar-refractivity contribution in [2.75, 3.05) is 0 Å². The molecule has 3 nitrogen and oxygen atoms in total. The Balaban J connectivity index is 1.85. The van der Waals surface area contributed by atoms with Crippen LogP contribution < -0.4 is 0 Å². The maximum Gasteiger partial charge on any atom is 0.328 e. The Morgan fingerprint density at radius 3 is 2.34 bits per heavy atom. The fourth-order valence-corrected chi connectivity index (χ4v) is 3.70. The number of allylic oxidation sites excluding steroid dienone is 1. The average molecular weight is 385 g/mol. The summed E-state index contributed by atoms with van der Waals surface area (Å²) in [6.07, 6.45) is 3.23. The Labute approximate surface area is 168 Å². The van der Waals surface area contributed by atoms with Crippen LogP contribution in [0.1, 0.15) is 29.7 Å². The highest BCUT2D eigenvalue weighted by Gasteiger charge is 2.18. The van der Waals surface area contributed by atoms with Crippen molar-refractivity contribution < 1.29 is 14.3 Å². The molecule has 1 aromatic heterocycles. The van der Waals surface area contributed by atoms with Crippen LogP contribution in [-0.2, 0) is 4.79 Å². The van der Waals surface area contributed by atoms with E-state index in [-0.39, 0.29) is 11.9 Å². The van der Waals surface area contributed by atoms with Crippen molar-refractivity contribution >= 4 is 22.4 Å². The zero-order valence-corrected chi connectivity index (χ0v) is 15.9. The Bertz CT molecular complexity index is 1190. The van der Waals surface area contributed by atoms with Gasteiger partial charge < -0.3 is 9.67 Å². The molecule has 144 valence electrons. The van der Waals surface area contributed by atoms with Gasteiger partial charge in [-0.15, -0.1) is 0 Å². The van der Waals surface area contributed by atoms with Crippen LogP contribution in [-0.4, -0.2) is 15.6 Å². The smallest absolute Gasteiger partial charge is 0.328 e. The third kappa shape index (κ3) is 3.83. The summed E-state index contributed by atoms with van der Waals surface area (Å²) in [7, 11) is 0. The predicted molar refractivity (Wildman–Crippen MR) is 113 cm³/mol. The van der Waals surface area contributed by atoms with Crippen molar-refractivity contribution in [2.24, 2.45) is 0 Å². The Morgan fingerprint density at radius 2 is 1.66 bits per heavy atom. The van der Waals surface area contributed by atoms with Crippen LogP contribution in [0.2, 0.25) is 0 Å². The van der Waals surface area contributed by atoms with E-state index in [0.29, 0.717) is 5.57 Å². The topological polar surface area (TPSA) is 42.2 Å². The number of nitrogens with zero attached hydrogens (tertiary/aromatic N) is 1. The van der Waals surface area contributed by atoms with E-state index < -0.39 is 5.97 Å². The summed E-state index contributed by atoms with van der Waals surface area (Å²) in [5, 5.41) is 10.0. The molecular formula is C25H20FNO2. The van der Waals surface area contributed by atoms with Crippen molar-refractivity contribution in [3.63, 3.8) is 0 Å². The van der Waals surface area contributed by atoms with E-state index in [9.17, 15) is 9.18 Å². The van der Waals surface area contributed by atoms with E-state index in [0.717, 1.165) is 27.6 Å². The Morgan fingerprint density at radius 1 is 0.966 bits per heavy atom. The molecule has 0 aliphatic rings. The molecule has 0 bridgehead atoms. The van der Waals surface area contributed by atoms with Crippen LogP contribution in [0.4, 0.5) is 4.39 Å². The Kier molecular flexibility index (Phi) is 5.00. The third-order valence-electron chi connectivity index (χ3n) is 5.09. The summed E-state index contributed by atoms with van der Waals surface area (Å²) in [5.41, 5.74) is 4.68. The number of benzene rings is 3. The van der Waals surface area contributed by atoms with Gasteiger partial charge in [0.15, 0.2) is 0 Å². The van der Waals surface area contributed by atoms with E-state index in [1.807, 2.05) is 60.8 Å². The lowest BCUT2D eigenvalue weighted by atomic mass is 9.98. The SMILES string of the molecule is CC(=CC(=O)O)c1ccc2c(ccn2C(c2ccccc2)c2ccc(F)cc2)c1. The zero-order chi connectivity index (χ0) is 20.4. The summed E-state index contributed by atoms with van der Waals surface area (Å²) < 4.78 is 15.7. The summed E-state index contributed by atoms with van der Waals surface area (Å²) >= 11 is 0. The molecule has 0 aliphatic carbocycles. The second-order valence-corrected chi connectivity index (χ2v) is 7.03. The lowest BCUT2D eigenvalue weighted by Crippen LogP contribution is -2.11. The number of fused-ring (bicyclic) bond motifs is 1. The van der Waals surface area contributed by atoms with E-state index >= 15 is 0 Å². The number of carbonyl (C=O) groups is 1. The highest BCUT2D eigenvalue weighted by atomic mass is 19.1. The molecule has 4 aromatic rings. The monoisotopic (exact) mass is 385 g/mol. The van der Waals surface area contributed by atoms with Crippen molar-refractivity contribution in [2.45, 2.75) is 13.0 Å². The van der Waals surface area contributed by atoms with Crippen LogP contribution >= 0.6 is 0 Å². The van der Waals surface area contributed by atoms with Gasteiger partial charge in [-0.1, -0.05) is 48.5 Å². The van der Waals surface area contributed by atoms with Gasteiger partial charge in [0.1, 0.15) is 5.82 Å². The number of hydrogen-bond donors (Lipinski definition) is 1. The molecule has 4 rings (SSSR count). The molecule has 1 N–H and O–H groups in total. The van der Waals surface area contributed by atoms with Crippen molar-refractivity contribution in [1.29, 1.82) is 0 Å². The first-order valence-electron chi connectivity index (χ1n) is 9.35. The fourth-order valence-electron chi connectivity index (χ4n) is 3.70. The van der Waals surface area contributed by atoms with Gasteiger partial charge in [0, 0.05) is 23.2 Å². The summed E-state index contributed by atoms with van der Waals surface area (Å²) in [6, 6.07) is 24.5. The number of carboxylic acids is 1. The van der Waals surface area contributed by atoms with Gasteiger partial charge in [-0.3, -0.25) is 0 Å². The molecular weight excluding hydrogens is 365 g/mol. The van der Waals surface area contributed by atoms with Gasteiger partial charge in [0.05, 0.1) is 6.04 Å². The minimum atomic E-state index is -0.958. The van der Waals surface area contributed by atoms with Crippen molar-refractivity contribution in [3.8, 4) is 0 Å². The van der Waals surface area contributed by atoms with E-state index in [2.05, 4.69) is 16.7 Å². The van der Waals surface area contributed by atoms with Crippen LogP contribution in [0, 0.1) is 5.82 Å². The normalized spacial score (nSPS) is 12.8. The lowest BCUT2D eigenvalue weighted by Gasteiger charge is -2.22. The number of rotatable bonds is 5. The molecule has 0 aliphatic heterocycles. The van der Waals surface area contributed by atoms with Gasteiger partial charge in [0.25, 0.3) is 0 Å². The quantitative estimate of drug-likeness (QED) is 0.434. The molecule has 0 spiro atoms. The molecule has 0 saturated carbocycles. The van der Waals surface area contributed by atoms with Gasteiger partial charge in [-0.05, 0) is 59.5 Å². The van der Waals surface area contributed by atoms with E-state index in [4.69, 9.17) is 5.11 Å². The van der Waals surface area contributed by atoms with Gasteiger partial charge in [0.2, 0.25) is 0 Å². The lowest BCUT2D eigenvalue weighted by molar-refractivity contribution is -0.131. The first-order valence-corrected chi connectivity index (χ1v) is 9.35. The third-order valence-corrected chi connectivity index (χ3v) is 5.09. The van der Waals surface area contributed by atoms with Crippen LogP contribution in [0.5, 0.6) is 0 Å². The predicted octanol–water partition coefficient (Wildman–Crippen LogP) is 5.91. The first-order chi connectivity index (χ1) is 14.0. The zero-order valence-electron chi connectivity index (χ0n) is 15.9. The molecule has 3 aromatic carbocycles. The molecule has 4 heteroatoms. The first kappa shape index (κ1) is 18.7. The number of carboxylic acid groups (broad SMARTS) is 1. The largest absolute Gasteiger partial charge is 0.478 e. The molecule has 0 amide bonds. The van der Waals surface area contributed by atoms with Gasteiger partial charge in [-0.2, -0.15) is 0 Å². The summed E-state index contributed by atoms with van der Waals surface area (Å²) in [4.78, 5) is 11.0. The highest BCUT2D eigenvalue weighted by molar-refractivity contribution is 5.92. The summed E-state index contributed by atoms with van der Waals surface area (Å²) in [5.74, 6) is -1.22. The second-order valence-electron chi connectivity index (χ2n) is 7.03. The van der Waals surface area contributed by atoms with E-state index in [1.54, 1.807) is 6.92 Å². The molecule has 1 unspecified atom stereocenters. The summed E-state index contributed by atoms with van der Waals surface area (Å²) in [6.45, 7) is 1.79. The molecule has 1 atom stereocenters. The highest BCUT2D eigenvalue weighted by Crippen LogP contribution is 2.32. The van der Waals surface area contributed by atoms with Crippen LogP contribution in [0.3, 0.4) is 0 Å². The molecule has 0 fully saturated rings. The van der Waals surface area contributed by atoms with E-state index in [1.165, 1.54) is 18.2 Å². The number of halogens is 1. The minimum Gasteiger partial charge on any atom is -0.478 e. The number of aromatic nitrogens is 1. The fraction of sp³-hybridized carbons (Fsp3) is 0.0800. The molecule has 0 saturated heterocycles. The number of hydrogen-bond acceptors (Lipinski definition) is 1. The van der Waals surface area contributed by atoms with Crippen molar-refractivity contribution in [3.05, 3.63) is 114 Å². The Hall–Kier alpha value is -3.66. The van der Waals surface area contributed by atoms with Crippen molar-refractivity contribution in [1.82, 2.24) is 4.57 Å². The minimum absolute atomic E-state index is 0.101. The maximum absolute atomic E-state index is 13.5. The van der Waals surface area contributed by atoms with Gasteiger partial charge >= 0.3 is 5.97 Å². The average Bonchev–Trinajstić information content (AvgIpc) is 3.13. The molecule has 1 heterocycles.